The minimum atomic E-state index is -3.80. The molecule has 3 N–H and O–H groups in total. The Kier molecular flexibility index (Phi) is 6.80. The summed E-state index contributed by atoms with van der Waals surface area (Å²) in [5, 5.41) is 12.3. The highest BCUT2D eigenvalue weighted by Gasteiger charge is 2.22. The number of hydrogen-bond acceptors (Lipinski definition) is 5. The number of ether oxygens (including phenoxy) is 1. The highest BCUT2D eigenvalue weighted by Crippen LogP contribution is 2.24. The third-order valence-electron chi connectivity index (χ3n) is 4.08. The first kappa shape index (κ1) is 19.7. The fourth-order valence-electron chi connectivity index (χ4n) is 2.61. The van der Waals surface area contributed by atoms with Crippen molar-refractivity contribution >= 4 is 21.7 Å². The number of rotatable bonds is 9. The smallest absolute Gasteiger partial charge is 0.335 e. The summed E-state index contributed by atoms with van der Waals surface area (Å²) < 4.78 is 33.3. The number of aromatic carboxylic acids is 1. The van der Waals surface area contributed by atoms with Crippen molar-refractivity contribution in [3.8, 4) is 0 Å². The molecule has 1 aliphatic heterocycles. The number of carboxylic acids is 1. The first-order valence-corrected chi connectivity index (χ1v) is 10.0. The predicted octanol–water partition coefficient (Wildman–Crippen LogP) is 2.30. The summed E-state index contributed by atoms with van der Waals surface area (Å²) in [5.74, 6) is -0.797. The fraction of sp³-hybridized carbons (Fsp3) is 0.588. The van der Waals surface area contributed by atoms with Crippen LogP contribution in [0.25, 0.3) is 0 Å². The SMILES string of the molecule is CC(C)CCNS(=O)(=O)c1cc(C(=O)O)ccc1NC[C@@H]1CCCO1. The van der Waals surface area contributed by atoms with E-state index in [-0.39, 0.29) is 16.6 Å². The highest BCUT2D eigenvalue weighted by molar-refractivity contribution is 7.89. The van der Waals surface area contributed by atoms with E-state index in [1.165, 1.54) is 18.2 Å². The molecule has 25 heavy (non-hydrogen) atoms. The van der Waals surface area contributed by atoms with Gasteiger partial charge in [0.15, 0.2) is 0 Å². The summed E-state index contributed by atoms with van der Waals surface area (Å²) in [5.41, 5.74) is 0.324. The maximum Gasteiger partial charge on any atom is 0.335 e. The monoisotopic (exact) mass is 370 g/mol. The molecule has 140 valence electrons. The summed E-state index contributed by atoms with van der Waals surface area (Å²) >= 11 is 0. The first-order valence-electron chi connectivity index (χ1n) is 8.52. The van der Waals surface area contributed by atoms with Crippen molar-refractivity contribution < 1.29 is 23.1 Å². The Labute approximate surface area is 148 Å². The number of benzene rings is 1. The molecule has 1 saturated heterocycles. The van der Waals surface area contributed by atoms with E-state index in [0.29, 0.717) is 37.7 Å². The van der Waals surface area contributed by atoms with E-state index in [1.54, 1.807) is 0 Å². The fourth-order valence-corrected chi connectivity index (χ4v) is 3.87. The van der Waals surface area contributed by atoms with Crippen molar-refractivity contribution in [2.45, 2.75) is 44.1 Å². The zero-order valence-electron chi connectivity index (χ0n) is 14.6. The molecule has 1 atom stereocenters. The molecule has 1 fully saturated rings. The van der Waals surface area contributed by atoms with Gasteiger partial charge in [0, 0.05) is 19.7 Å². The van der Waals surface area contributed by atoms with Crippen molar-refractivity contribution in [1.29, 1.82) is 0 Å². The lowest BCUT2D eigenvalue weighted by atomic mass is 10.1. The summed E-state index contributed by atoms with van der Waals surface area (Å²) in [6.45, 7) is 5.53. The molecule has 1 heterocycles. The molecule has 8 heteroatoms. The second kappa shape index (κ2) is 8.64. The Balaban J connectivity index is 2.21. The Morgan fingerprint density at radius 2 is 2.16 bits per heavy atom. The van der Waals surface area contributed by atoms with Crippen molar-refractivity contribution in [2.24, 2.45) is 5.92 Å². The maximum absolute atomic E-state index is 12.6. The Hall–Kier alpha value is -1.64. The molecule has 0 bridgehead atoms. The summed E-state index contributed by atoms with van der Waals surface area (Å²) in [6.07, 6.45) is 2.67. The van der Waals surface area contributed by atoms with Crippen LogP contribution in [-0.4, -0.2) is 45.3 Å². The molecule has 2 rings (SSSR count). The van der Waals surface area contributed by atoms with E-state index in [1.807, 2.05) is 13.8 Å². The van der Waals surface area contributed by atoms with Gasteiger partial charge in [0.05, 0.1) is 17.4 Å². The second-order valence-corrected chi connectivity index (χ2v) is 8.35. The van der Waals surface area contributed by atoms with Crippen molar-refractivity contribution in [1.82, 2.24) is 4.72 Å². The van der Waals surface area contributed by atoms with E-state index in [4.69, 9.17) is 9.84 Å². The number of carbonyl (C=O) groups is 1. The van der Waals surface area contributed by atoms with Crippen LogP contribution in [-0.2, 0) is 14.8 Å². The lowest BCUT2D eigenvalue weighted by Crippen LogP contribution is -2.27. The number of anilines is 1. The molecule has 0 aliphatic carbocycles. The average Bonchev–Trinajstić information content (AvgIpc) is 3.05. The number of carboxylic acid groups (broad SMARTS) is 1. The average molecular weight is 370 g/mol. The number of nitrogens with one attached hydrogen (secondary N) is 2. The van der Waals surface area contributed by atoms with Gasteiger partial charge in [-0.1, -0.05) is 13.8 Å². The van der Waals surface area contributed by atoms with Crippen LogP contribution in [0.3, 0.4) is 0 Å². The van der Waals surface area contributed by atoms with Crippen molar-refractivity contribution in [3.05, 3.63) is 23.8 Å². The first-order chi connectivity index (χ1) is 11.8. The molecular formula is C17H26N2O5S. The largest absolute Gasteiger partial charge is 0.478 e. The van der Waals surface area contributed by atoms with Crippen LogP contribution in [0.5, 0.6) is 0 Å². The molecule has 0 unspecified atom stereocenters. The molecule has 0 saturated carbocycles. The van der Waals surface area contributed by atoms with E-state index < -0.39 is 16.0 Å². The van der Waals surface area contributed by atoms with E-state index in [2.05, 4.69) is 10.0 Å². The van der Waals surface area contributed by atoms with E-state index >= 15 is 0 Å². The van der Waals surface area contributed by atoms with Gasteiger partial charge in [0.1, 0.15) is 4.90 Å². The molecule has 1 aromatic rings. The molecule has 0 aromatic heterocycles. The van der Waals surface area contributed by atoms with Gasteiger partial charge in [-0.15, -0.1) is 0 Å². The van der Waals surface area contributed by atoms with Crippen molar-refractivity contribution in [3.63, 3.8) is 0 Å². The predicted molar refractivity (Wildman–Crippen MR) is 95.5 cm³/mol. The standard InChI is InChI=1S/C17H26N2O5S/c1-12(2)7-8-19-25(22,23)16-10-13(17(20)21)5-6-15(16)18-11-14-4-3-9-24-14/h5-6,10,12,14,18-19H,3-4,7-9,11H2,1-2H3,(H,20,21)/t14-/m0/s1. The van der Waals surface area contributed by atoms with Crippen LogP contribution in [0.4, 0.5) is 5.69 Å². The van der Waals surface area contributed by atoms with Gasteiger partial charge < -0.3 is 15.2 Å². The van der Waals surface area contributed by atoms with Gasteiger partial charge in [-0.25, -0.2) is 17.9 Å². The summed E-state index contributed by atoms with van der Waals surface area (Å²) in [7, 11) is -3.80. The van der Waals surface area contributed by atoms with E-state index in [0.717, 1.165) is 12.8 Å². The van der Waals surface area contributed by atoms with Gasteiger partial charge in [0.25, 0.3) is 0 Å². The van der Waals surface area contributed by atoms with Crippen LogP contribution in [0.2, 0.25) is 0 Å². The zero-order chi connectivity index (χ0) is 18.4. The van der Waals surface area contributed by atoms with Gasteiger partial charge >= 0.3 is 5.97 Å². The van der Waals surface area contributed by atoms with Crippen LogP contribution in [0, 0.1) is 5.92 Å². The molecule has 1 aromatic carbocycles. The van der Waals surface area contributed by atoms with Crippen LogP contribution < -0.4 is 10.0 Å². The van der Waals surface area contributed by atoms with Gasteiger partial charge in [-0.3, -0.25) is 0 Å². The molecule has 7 nitrogen and oxygen atoms in total. The maximum atomic E-state index is 12.6. The molecular weight excluding hydrogens is 344 g/mol. The van der Waals surface area contributed by atoms with Gasteiger partial charge in [0.2, 0.25) is 10.0 Å². The Bertz CT molecular complexity index is 697. The highest BCUT2D eigenvalue weighted by atomic mass is 32.2. The quantitative estimate of drug-likeness (QED) is 0.616. The minimum absolute atomic E-state index is 0.0450. The van der Waals surface area contributed by atoms with Crippen LogP contribution in [0.1, 0.15) is 43.5 Å². The summed E-state index contributed by atoms with van der Waals surface area (Å²) in [4.78, 5) is 11.2. The number of hydrogen-bond donors (Lipinski definition) is 3. The molecule has 0 amide bonds. The van der Waals surface area contributed by atoms with Crippen molar-refractivity contribution in [2.75, 3.05) is 25.0 Å². The van der Waals surface area contributed by atoms with E-state index in [9.17, 15) is 13.2 Å². The van der Waals surface area contributed by atoms with Crippen LogP contribution in [0.15, 0.2) is 23.1 Å². The second-order valence-electron chi connectivity index (χ2n) is 6.61. The third kappa shape index (κ3) is 5.69. The molecule has 0 radical (unpaired) electrons. The van der Waals surface area contributed by atoms with Crippen LogP contribution >= 0.6 is 0 Å². The topological polar surface area (TPSA) is 105 Å². The summed E-state index contributed by atoms with van der Waals surface area (Å²) in [6, 6.07) is 4.08. The zero-order valence-corrected chi connectivity index (χ0v) is 15.4. The minimum Gasteiger partial charge on any atom is -0.478 e. The third-order valence-corrected chi connectivity index (χ3v) is 5.58. The Morgan fingerprint density at radius 1 is 1.40 bits per heavy atom. The lowest BCUT2D eigenvalue weighted by Gasteiger charge is -2.16. The number of sulfonamides is 1. The molecule has 1 aliphatic rings. The lowest BCUT2D eigenvalue weighted by molar-refractivity contribution is 0.0696. The Morgan fingerprint density at radius 3 is 2.76 bits per heavy atom. The normalized spacial score (nSPS) is 17.8. The molecule has 0 spiro atoms. The van der Waals surface area contributed by atoms with Gasteiger partial charge in [-0.05, 0) is 43.4 Å². The van der Waals surface area contributed by atoms with Gasteiger partial charge in [-0.2, -0.15) is 0 Å².